The highest BCUT2D eigenvalue weighted by Crippen LogP contribution is 2.26. The van der Waals surface area contributed by atoms with Gasteiger partial charge in [0.05, 0.1) is 11.8 Å². The number of aromatic nitrogens is 2. The third-order valence-electron chi connectivity index (χ3n) is 3.80. The minimum atomic E-state index is -0.220. The van der Waals surface area contributed by atoms with E-state index in [1.54, 1.807) is 0 Å². The van der Waals surface area contributed by atoms with E-state index in [0.717, 1.165) is 50.5 Å². The highest BCUT2D eigenvalue weighted by molar-refractivity contribution is 5.39. The van der Waals surface area contributed by atoms with Gasteiger partial charge in [0.25, 0.3) is 0 Å². The molecule has 0 amide bonds. The summed E-state index contributed by atoms with van der Waals surface area (Å²) in [6.45, 7) is 3.19. The lowest BCUT2D eigenvalue weighted by Crippen LogP contribution is -2.23. The van der Waals surface area contributed by atoms with Gasteiger partial charge in [-0.25, -0.2) is 0 Å². The molecule has 1 aromatic rings. The van der Waals surface area contributed by atoms with Crippen LogP contribution >= 0.6 is 0 Å². The molecule has 1 aromatic heterocycles. The van der Waals surface area contributed by atoms with Gasteiger partial charge in [0, 0.05) is 32.2 Å². The Balaban J connectivity index is 1.68. The van der Waals surface area contributed by atoms with Crippen LogP contribution < -0.4 is 4.90 Å². The first kappa shape index (κ1) is 11.9. The summed E-state index contributed by atoms with van der Waals surface area (Å²) >= 11 is 0. The predicted octanol–water partition coefficient (Wildman–Crippen LogP) is 0.942. The van der Waals surface area contributed by atoms with Crippen molar-refractivity contribution in [1.29, 1.82) is 0 Å². The average molecular weight is 249 g/mol. The molecule has 0 aromatic carbocycles. The molecule has 18 heavy (non-hydrogen) atoms. The van der Waals surface area contributed by atoms with E-state index >= 15 is 0 Å². The second kappa shape index (κ2) is 5.20. The van der Waals surface area contributed by atoms with Crippen LogP contribution in [0.4, 0.5) is 5.82 Å². The first-order valence-corrected chi connectivity index (χ1v) is 6.67. The molecular formula is C13H19N3O2. The van der Waals surface area contributed by atoms with Gasteiger partial charge in [-0.05, 0) is 31.4 Å². The Kier molecular flexibility index (Phi) is 3.43. The quantitative estimate of drug-likeness (QED) is 0.845. The first-order chi connectivity index (χ1) is 8.83. The number of aliphatic hydroxyl groups is 1. The zero-order chi connectivity index (χ0) is 12.4. The fraction of sp³-hybridized carbons (Fsp3) is 0.692. The van der Waals surface area contributed by atoms with Gasteiger partial charge in [0.1, 0.15) is 0 Å². The summed E-state index contributed by atoms with van der Waals surface area (Å²) in [6, 6.07) is 4.10. The maximum absolute atomic E-state index is 9.52. The standard InChI is InChI=1S/C13H19N3O2/c17-11-3-6-16(9-11)13-2-1-12(14-15-13)10-4-7-18-8-5-10/h1-2,10-11,17H,3-9H2. The molecule has 2 saturated heterocycles. The summed E-state index contributed by atoms with van der Waals surface area (Å²) in [5.41, 5.74) is 1.07. The second-order valence-corrected chi connectivity index (χ2v) is 5.09. The smallest absolute Gasteiger partial charge is 0.151 e. The number of nitrogens with zero attached hydrogens (tertiary/aromatic N) is 3. The lowest BCUT2D eigenvalue weighted by Gasteiger charge is -2.22. The van der Waals surface area contributed by atoms with Crippen molar-refractivity contribution in [3.63, 3.8) is 0 Å². The van der Waals surface area contributed by atoms with E-state index in [1.807, 2.05) is 6.07 Å². The molecule has 2 aliphatic heterocycles. The Morgan fingerprint density at radius 3 is 2.61 bits per heavy atom. The molecule has 5 heteroatoms. The summed E-state index contributed by atoms with van der Waals surface area (Å²) in [4.78, 5) is 2.09. The first-order valence-electron chi connectivity index (χ1n) is 6.67. The molecule has 0 radical (unpaired) electrons. The summed E-state index contributed by atoms with van der Waals surface area (Å²) < 4.78 is 5.35. The van der Waals surface area contributed by atoms with Crippen LogP contribution in [0.1, 0.15) is 30.9 Å². The van der Waals surface area contributed by atoms with Crippen molar-refractivity contribution < 1.29 is 9.84 Å². The van der Waals surface area contributed by atoms with Gasteiger partial charge in [-0.3, -0.25) is 0 Å². The Bertz CT molecular complexity index is 366. The number of ether oxygens (including phenoxy) is 1. The van der Waals surface area contributed by atoms with Crippen molar-refractivity contribution in [2.45, 2.75) is 31.3 Å². The molecule has 0 saturated carbocycles. The number of anilines is 1. The van der Waals surface area contributed by atoms with Crippen LogP contribution in [0.15, 0.2) is 12.1 Å². The van der Waals surface area contributed by atoms with E-state index < -0.39 is 0 Å². The maximum Gasteiger partial charge on any atom is 0.151 e. The monoisotopic (exact) mass is 249 g/mol. The highest BCUT2D eigenvalue weighted by atomic mass is 16.5. The minimum Gasteiger partial charge on any atom is -0.391 e. The summed E-state index contributed by atoms with van der Waals surface area (Å²) in [5.74, 6) is 1.37. The van der Waals surface area contributed by atoms with E-state index in [2.05, 4.69) is 21.2 Å². The van der Waals surface area contributed by atoms with Gasteiger partial charge >= 0.3 is 0 Å². The molecule has 1 unspecified atom stereocenters. The van der Waals surface area contributed by atoms with E-state index in [1.165, 1.54) is 0 Å². The second-order valence-electron chi connectivity index (χ2n) is 5.09. The van der Waals surface area contributed by atoms with Crippen molar-refractivity contribution in [3.05, 3.63) is 17.8 Å². The minimum absolute atomic E-state index is 0.220. The summed E-state index contributed by atoms with van der Waals surface area (Å²) in [5, 5.41) is 18.2. The van der Waals surface area contributed by atoms with E-state index in [0.29, 0.717) is 12.5 Å². The number of rotatable bonds is 2. The molecule has 2 fully saturated rings. The Labute approximate surface area is 107 Å². The third-order valence-corrected chi connectivity index (χ3v) is 3.80. The van der Waals surface area contributed by atoms with Gasteiger partial charge in [0.15, 0.2) is 5.82 Å². The van der Waals surface area contributed by atoms with Crippen LogP contribution in [0.5, 0.6) is 0 Å². The molecule has 0 bridgehead atoms. The lowest BCUT2D eigenvalue weighted by molar-refractivity contribution is 0.0843. The zero-order valence-corrected chi connectivity index (χ0v) is 10.5. The Hall–Kier alpha value is -1.20. The van der Waals surface area contributed by atoms with Gasteiger partial charge in [-0.1, -0.05) is 0 Å². The number of hydrogen-bond acceptors (Lipinski definition) is 5. The average Bonchev–Trinajstić information content (AvgIpc) is 2.87. The lowest BCUT2D eigenvalue weighted by atomic mass is 9.96. The molecule has 0 aliphatic carbocycles. The van der Waals surface area contributed by atoms with Crippen molar-refractivity contribution >= 4 is 5.82 Å². The summed E-state index contributed by atoms with van der Waals surface area (Å²) in [7, 11) is 0. The van der Waals surface area contributed by atoms with Crippen LogP contribution in [0.2, 0.25) is 0 Å². The zero-order valence-electron chi connectivity index (χ0n) is 10.5. The van der Waals surface area contributed by atoms with Crippen molar-refractivity contribution in [2.24, 2.45) is 0 Å². The van der Waals surface area contributed by atoms with Crippen LogP contribution in [0, 0.1) is 0 Å². The van der Waals surface area contributed by atoms with E-state index in [4.69, 9.17) is 4.74 Å². The van der Waals surface area contributed by atoms with Crippen molar-refractivity contribution in [2.75, 3.05) is 31.2 Å². The fourth-order valence-corrected chi connectivity index (χ4v) is 2.67. The predicted molar refractivity (Wildman–Crippen MR) is 67.7 cm³/mol. The molecule has 98 valence electrons. The molecule has 3 rings (SSSR count). The maximum atomic E-state index is 9.52. The van der Waals surface area contributed by atoms with Gasteiger partial charge in [0.2, 0.25) is 0 Å². The molecule has 5 nitrogen and oxygen atoms in total. The largest absolute Gasteiger partial charge is 0.391 e. The van der Waals surface area contributed by atoms with Gasteiger partial charge in [-0.15, -0.1) is 5.10 Å². The van der Waals surface area contributed by atoms with E-state index in [-0.39, 0.29) is 6.10 Å². The summed E-state index contributed by atoms with van der Waals surface area (Å²) in [6.07, 6.45) is 2.68. The molecule has 2 aliphatic rings. The highest BCUT2D eigenvalue weighted by Gasteiger charge is 2.22. The molecule has 3 heterocycles. The Morgan fingerprint density at radius 1 is 1.17 bits per heavy atom. The van der Waals surface area contributed by atoms with E-state index in [9.17, 15) is 5.11 Å². The van der Waals surface area contributed by atoms with Crippen molar-refractivity contribution in [1.82, 2.24) is 10.2 Å². The van der Waals surface area contributed by atoms with Crippen molar-refractivity contribution in [3.8, 4) is 0 Å². The van der Waals surface area contributed by atoms with Gasteiger partial charge < -0.3 is 14.7 Å². The molecular weight excluding hydrogens is 230 g/mol. The molecule has 1 N–H and O–H groups in total. The topological polar surface area (TPSA) is 58.5 Å². The van der Waals surface area contributed by atoms with Crippen LogP contribution in [0.3, 0.4) is 0 Å². The fourth-order valence-electron chi connectivity index (χ4n) is 2.67. The Morgan fingerprint density at radius 2 is 2.00 bits per heavy atom. The number of β-amino-alcohol motifs (C(OH)–C–C–N with tert-alkyl or cyclic N) is 1. The SMILES string of the molecule is OC1CCN(c2ccc(C3CCOCC3)nn2)C1. The van der Waals surface area contributed by atoms with Crippen LogP contribution in [-0.4, -0.2) is 47.7 Å². The molecule has 1 atom stereocenters. The number of aliphatic hydroxyl groups excluding tert-OH is 1. The third kappa shape index (κ3) is 2.47. The number of hydrogen-bond donors (Lipinski definition) is 1. The molecule has 0 spiro atoms. The van der Waals surface area contributed by atoms with Crippen LogP contribution in [-0.2, 0) is 4.74 Å². The van der Waals surface area contributed by atoms with Gasteiger partial charge in [-0.2, -0.15) is 5.10 Å². The van der Waals surface area contributed by atoms with Crippen LogP contribution in [0.25, 0.3) is 0 Å². The normalized spacial score (nSPS) is 25.6.